The maximum Gasteiger partial charge on any atom is 0.222 e. The second-order valence-corrected chi connectivity index (χ2v) is 4.18. The molecule has 1 aromatic heterocycles. The standard InChI is InChI=1S/C14H14F2N2O/c1-9-6-10(4-5-17)8-18-14(9)19-13-7-11(15)2-3-12(13)16/h2-3,6-8H,4-5,17H2,1H3. The average molecular weight is 264 g/mol. The molecule has 0 amide bonds. The number of hydrogen-bond acceptors (Lipinski definition) is 3. The Morgan fingerprint density at radius 3 is 2.74 bits per heavy atom. The summed E-state index contributed by atoms with van der Waals surface area (Å²) in [4.78, 5) is 4.10. The van der Waals surface area contributed by atoms with Crippen LogP contribution < -0.4 is 10.5 Å². The molecule has 0 aliphatic heterocycles. The summed E-state index contributed by atoms with van der Waals surface area (Å²) in [5, 5.41) is 0. The zero-order valence-electron chi connectivity index (χ0n) is 10.5. The number of hydrogen-bond donors (Lipinski definition) is 1. The molecule has 0 unspecified atom stereocenters. The van der Waals surface area contributed by atoms with Gasteiger partial charge in [0.1, 0.15) is 5.82 Å². The molecule has 0 spiro atoms. The lowest BCUT2D eigenvalue weighted by Gasteiger charge is -2.09. The van der Waals surface area contributed by atoms with E-state index in [-0.39, 0.29) is 11.6 Å². The largest absolute Gasteiger partial charge is 0.436 e. The first-order valence-corrected chi connectivity index (χ1v) is 5.88. The van der Waals surface area contributed by atoms with E-state index in [4.69, 9.17) is 10.5 Å². The summed E-state index contributed by atoms with van der Waals surface area (Å²) in [6.07, 6.45) is 2.33. The van der Waals surface area contributed by atoms with Crippen LogP contribution in [0.25, 0.3) is 0 Å². The summed E-state index contributed by atoms with van der Waals surface area (Å²) < 4.78 is 31.8. The van der Waals surface area contributed by atoms with E-state index < -0.39 is 11.6 Å². The zero-order valence-corrected chi connectivity index (χ0v) is 10.5. The first-order chi connectivity index (χ1) is 9.10. The topological polar surface area (TPSA) is 48.1 Å². The fourth-order valence-electron chi connectivity index (χ4n) is 1.69. The fraction of sp³-hybridized carbons (Fsp3) is 0.214. The van der Waals surface area contributed by atoms with E-state index in [2.05, 4.69) is 4.98 Å². The van der Waals surface area contributed by atoms with Crippen molar-refractivity contribution in [2.75, 3.05) is 6.54 Å². The van der Waals surface area contributed by atoms with Crippen LogP contribution in [0.5, 0.6) is 11.6 Å². The quantitative estimate of drug-likeness (QED) is 0.923. The van der Waals surface area contributed by atoms with Gasteiger partial charge in [0.15, 0.2) is 11.6 Å². The van der Waals surface area contributed by atoms with Crippen molar-refractivity contribution in [1.29, 1.82) is 0 Å². The van der Waals surface area contributed by atoms with Gasteiger partial charge in [0.25, 0.3) is 0 Å². The molecule has 2 aromatic rings. The molecule has 3 nitrogen and oxygen atoms in total. The lowest BCUT2D eigenvalue weighted by molar-refractivity contribution is 0.419. The summed E-state index contributed by atoms with van der Waals surface area (Å²) in [7, 11) is 0. The number of rotatable bonds is 4. The van der Waals surface area contributed by atoms with E-state index in [1.165, 1.54) is 0 Å². The second-order valence-electron chi connectivity index (χ2n) is 4.18. The molecule has 0 radical (unpaired) electrons. The molecule has 0 aliphatic carbocycles. The van der Waals surface area contributed by atoms with Crippen molar-refractivity contribution in [1.82, 2.24) is 4.98 Å². The second kappa shape index (κ2) is 5.75. The van der Waals surface area contributed by atoms with Crippen LogP contribution in [0.3, 0.4) is 0 Å². The van der Waals surface area contributed by atoms with Gasteiger partial charge in [-0.1, -0.05) is 0 Å². The van der Waals surface area contributed by atoms with E-state index in [9.17, 15) is 8.78 Å². The first kappa shape index (κ1) is 13.4. The minimum Gasteiger partial charge on any atom is -0.436 e. The van der Waals surface area contributed by atoms with Gasteiger partial charge in [0, 0.05) is 17.8 Å². The summed E-state index contributed by atoms with van der Waals surface area (Å²) >= 11 is 0. The summed E-state index contributed by atoms with van der Waals surface area (Å²) in [5.41, 5.74) is 7.18. The summed E-state index contributed by atoms with van der Waals surface area (Å²) in [6, 6.07) is 4.91. The van der Waals surface area contributed by atoms with Crippen molar-refractivity contribution >= 4 is 0 Å². The highest BCUT2D eigenvalue weighted by atomic mass is 19.1. The minimum absolute atomic E-state index is 0.179. The maximum atomic E-state index is 13.5. The van der Waals surface area contributed by atoms with Gasteiger partial charge >= 0.3 is 0 Å². The Labute approximate surface area is 110 Å². The molecule has 0 bridgehead atoms. The molecule has 0 fully saturated rings. The summed E-state index contributed by atoms with van der Waals surface area (Å²) in [6.45, 7) is 2.32. The van der Waals surface area contributed by atoms with Gasteiger partial charge in [0.2, 0.25) is 5.88 Å². The fourth-order valence-corrected chi connectivity index (χ4v) is 1.69. The number of nitrogens with two attached hydrogens (primary N) is 1. The van der Waals surface area contributed by atoms with Crippen LogP contribution in [0.4, 0.5) is 8.78 Å². The third-order valence-corrected chi connectivity index (χ3v) is 2.62. The van der Waals surface area contributed by atoms with E-state index in [1.54, 1.807) is 13.1 Å². The van der Waals surface area contributed by atoms with Crippen LogP contribution in [0, 0.1) is 18.6 Å². The number of nitrogens with zero attached hydrogens (tertiary/aromatic N) is 1. The van der Waals surface area contributed by atoms with Crippen molar-refractivity contribution in [3.05, 3.63) is 53.2 Å². The van der Waals surface area contributed by atoms with Gasteiger partial charge in [-0.15, -0.1) is 0 Å². The zero-order chi connectivity index (χ0) is 13.8. The van der Waals surface area contributed by atoms with E-state index in [1.807, 2.05) is 6.07 Å². The smallest absolute Gasteiger partial charge is 0.222 e. The third kappa shape index (κ3) is 3.26. The van der Waals surface area contributed by atoms with Gasteiger partial charge in [-0.3, -0.25) is 0 Å². The Bertz CT molecular complexity index is 588. The lowest BCUT2D eigenvalue weighted by atomic mass is 10.1. The molecule has 0 atom stereocenters. The number of aryl methyl sites for hydroxylation is 1. The predicted octanol–water partition coefficient (Wildman–Crippen LogP) is 2.96. The Balaban J connectivity index is 2.25. The van der Waals surface area contributed by atoms with Crippen molar-refractivity contribution in [3.63, 3.8) is 0 Å². The molecular weight excluding hydrogens is 250 g/mol. The number of aromatic nitrogens is 1. The number of halogens is 2. The van der Waals surface area contributed by atoms with Crippen LogP contribution in [0.1, 0.15) is 11.1 Å². The SMILES string of the molecule is Cc1cc(CCN)cnc1Oc1cc(F)ccc1F. The third-order valence-electron chi connectivity index (χ3n) is 2.62. The Hall–Kier alpha value is -2.01. The van der Waals surface area contributed by atoms with Gasteiger partial charge in [-0.05, 0) is 43.7 Å². The van der Waals surface area contributed by atoms with Crippen LogP contribution in [0.2, 0.25) is 0 Å². The van der Waals surface area contributed by atoms with Gasteiger partial charge in [-0.2, -0.15) is 0 Å². The number of benzene rings is 1. The van der Waals surface area contributed by atoms with Crippen LogP contribution in [0.15, 0.2) is 30.5 Å². The van der Waals surface area contributed by atoms with Gasteiger partial charge in [-0.25, -0.2) is 13.8 Å². The summed E-state index contributed by atoms with van der Waals surface area (Å²) in [5.74, 6) is -1.12. The highest BCUT2D eigenvalue weighted by molar-refractivity contribution is 5.34. The van der Waals surface area contributed by atoms with E-state index >= 15 is 0 Å². The van der Waals surface area contributed by atoms with Crippen molar-refractivity contribution in [3.8, 4) is 11.6 Å². The minimum atomic E-state index is -0.631. The Kier molecular flexibility index (Phi) is 4.06. The molecular formula is C14H14F2N2O. The molecule has 0 saturated carbocycles. The Morgan fingerprint density at radius 2 is 2.05 bits per heavy atom. The normalized spacial score (nSPS) is 10.5. The number of pyridine rings is 1. The van der Waals surface area contributed by atoms with Crippen LogP contribution in [-0.2, 0) is 6.42 Å². The van der Waals surface area contributed by atoms with E-state index in [0.29, 0.717) is 13.0 Å². The monoisotopic (exact) mass is 264 g/mol. The molecule has 1 aromatic carbocycles. The highest BCUT2D eigenvalue weighted by Crippen LogP contribution is 2.26. The van der Waals surface area contributed by atoms with Crippen LogP contribution in [-0.4, -0.2) is 11.5 Å². The molecule has 100 valence electrons. The number of ether oxygens (including phenoxy) is 1. The molecule has 2 N–H and O–H groups in total. The van der Waals surface area contributed by atoms with Crippen molar-refractivity contribution in [2.45, 2.75) is 13.3 Å². The van der Waals surface area contributed by atoms with Crippen molar-refractivity contribution in [2.24, 2.45) is 5.73 Å². The molecule has 1 heterocycles. The van der Waals surface area contributed by atoms with Crippen molar-refractivity contribution < 1.29 is 13.5 Å². The van der Waals surface area contributed by atoms with Gasteiger partial charge < -0.3 is 10.5 Å². The van der Waals surface area contributed by atoms with Gasteiger partial charge in [0.05, 0.1) is 0 Å². The van der Waals surface area contributed by atoms with Crippen LogP contribution >= 0.6 is 0 Å². The molecule has 5 heteroatoms. The highest BCUT2D eigenvalue weighted by Gasteiger charge is 2.09. The molecule has 19 heavy (non-hydrogen) atoms. The average Bonchev–Trinajstić information content (AvgIpc) is 2.37. The molecule has 0 aliphatic rings. The molecule has 2 rings (SSSR count). The maximum absolute atomic E-state index is 13.5. The molecule has 0 saturated heterocycles. The lowest BCUT2D eigenvalue weighted by Crippen LogP contribution is -2.04. The van der Waals surface area contributed by atoms with E-state index in [0.717, 1.165) is 29.3 Å². The Morgan fingerprint density at radius 1 is 1.26 bits per heavy atom. The predicted molar refractivity (Wildman–Crippen MR) is 68.2 cm³/mol. The first-order valence-electron chi connectivity index (χ1n) is 5.88.